The zero-order valence-corrected chi connectivity index (χ0v) is 11.8. The largest absolute Gasteiger partial charge is 0.310 e. The van der Waals surface area contributed by atoms with Crippen molar-refractivity contribution in [2.45, 2.75) is 25.7 Å². The second-order valence-corrected chi connectivity index (χ2v) is 6.15. The van der Waals surface area contributed by atoms with Crippen LogP contribution in [0.3, 0.4) is 0 Å². The molecule has 0 saturated heterocycles. The number of rotatable bonds is 1. The highest BCUT2D eigenvalue weighted by atomic mass is 15.4. The van der Waals surface area contributed by atoms with Gasteiger partial charge in [0.15, 0.2) is 0 Å². The molecular formula is C18H20N2. The van der Waals surface area contributed by atoms with Crippen LogP contribution in [0.4, 0.5) is 5.69 Å². The van der Waals surface area contributed by atoms with Crippen molar-refractivity contribution >= 4 is 5.69 Å². The summed E-state index contributed by atoms with van der Waals surface area (Å²) in [4.78, 5) is 0. The number of fused-ring (bicyclic) bond motifs is 3. The number of anilines is 1. The van der Waals surface area contributed by atoms with Crippen LogP contribution >= 0.6 is 0 Å². The first-order chi connectivity index (χ1) is 9.75. The van der Waals surface area contributed by atoms with Gasteiger partial charge in [0.2, 0.25) is 0 Å². The molecule has 2 aromatic carbocycles. The highest BCUT2D eigenvalue weighted by Gasteiger charge is 2.36. The van der Waals surface area contributed by atoms with Gasteiger partial charge in [-0.15, -0.1) is 0 Å². The summed E-state index contributed by atoms with van der Waals surface area (Å²) in [6.07, 6.45) is 2.70. The average Bonchev–Trinajstić information content (AvgIpc) is 3.28. The van der Waals surface area contributed by atoms with E-state index in [1.54, 1.807) is 0 Å². The SMILES string of the molecule is Cc1cccc2c1-c1ccccc1C(C1CC1)CN2N. The van der Waals surface area contributed by atoms with Crippen molar-refractivity contribution in [3.8, 4) is 11.1 Å². The number of benzene rings is 2. The Balaban J connectivity index is 1.99. The summed E-state index contributed by atoms with van der Waals surface area (Å²) in [6, 6.07) is 15.3. The van der Waals surface area contributed by atoms with Crippen LogP contribution in [0.15, 0.2) is 42.5 Å². The predicted octanol–water partition coefficient (Wildman–Crippen LogP) is 3.85. The van der Waals surface area contributed by atoms with Crippen LogP contribution in [-0.2, 0) is 0 Å². The molecule has 0 aromatic heterocycles. The second-order valence-electron chi connectivity index (χ2n) is 6.15. The van der Waals surface area contributed by atoms with Crippen LogP contribution in [0, 0.1) is 12.8 Å². The lowest BCUT2D eigenvalue weighted by Crippen LogP contribution is -2.34. The third-order valence-electron chi connectivity index (χ3n) is 4.77. The third-order valence-corrected chi connectivity index (χ3v) is 4.77. The van der Waals surface area contributed by atoms with Gasteiger partial charge in [-0.3, -0.25) is 0 Å². The van der Waals surface area contributed by atoms with Crippen molar-refractivity contribution in [3.05, 3.63) is 53.6 Å². The summed E-state index contributed by atoms with van der Waals surface area (Å²) in [6.45, 7) is 3.11. The van der Waals surface area contributed by atoms with Crippen molar-refractivity contribution in [1.29, 1.82) is 0 Å². The molecule has 1 heterocycles. The van der Waals surface area contributed by atoms with E-state index in [-0.39, 0.29) is 0 Å². The maximum atomic E-state index is 6.38. The first-order valence-corrected chi connectivity index (χ1v) is 7.47. The number of hydrogen-bond donors (Lipinski definition) is 1. The summed E-state index contributed by atoms with van der Waals surface area (Å²) in [5, 5.41) is 1.96. The Labute approximate surface area is 120 Å². The van der Waals surface area contributed by atoms with Gasteiger partial charge in [0, 0.05) is 18.0 Å². The molecule has 102 valence electrons. The van der Waals surface area contributed by atoms with Gasteiger partial charge in [0.1, 0.15) is 0 Å². The van der Waals surface area contributed by atoms with Gasteiger partial charge in [-0.2, -0.15) is 0 Å². The smallest absolute Gasteiger partial charge is 0.0598 e. The van der Waals surface area contributed by atoms with Crippen LogP contribution in [0.25, 0.3) is 11.1 Å². The maximum Gasteiger partial charge on any atom is 0.0598 e. The summed E-state index contributed by atoms with van der Waals surface area (Å²) < 4.78 is 0. The summed E-state index contributed by atoms with van der Waals surface area (Å²) in [7, 11) is 0. The molecule has 0 spiro atoms. The van der Waals surface area contributed by atoms with Gasteiger partial charge in [-0.25, -0.2) is 5.84 Å². The van der Waals surface area contributed by atoms with E-state index in [0.717, 1.165) is 12.5 Å². The van der Waals surface area contributed by atoms with E-state index in [4.69, 9.17) is 5.84 Å². The minimum Gasteiger partial charge on any atom is -0.310 e. The Morgan fingerprint density at radius 3 is 2.65 bits per heavy atom. The molecular weight excluding hydrogens is 244 g/mol. The Kier molecular flexibility index (Phi) is 2.61. The molecule has 2 nitrogen and oxygen atoms in total. The van der Waals surface area contributed by atoms with Crippen molar-refractivity contribution in [1.82, 2.24) is 0 Å². The quantitative estimate of drug-likeness (QED) is 0.793. The van der Waals surface area contributed by atoms with Gasteiger partial charge in [0.25, 0.3) is 0 Å². The summed E-state index contributed by atoms with van der Waals surface area (Å²) in [5.41, 5.74) is 6.65. The number of nitrogens with zero attached hydrogens (tertiary/aromatic N) is 1. The molecule has 20 heavy (non-hydrogen) atoms. The lowest BCUT2D eigenvalue weighted by atomic mass is 9.87. The topological polar surface area (TPSA) is 29.3 Å². The van der Waals surface area contributed by atoms with Crippen LogP contribution in [0.2, 0.25) is 0 Å². The zero-order chi connectivity index (χ0) is 13.7. The number of aryl methyl sites for hydroxylation is 1. The number of hydrazine groups is 1. The molecule has 1 saturated carbocycles. The molecule has 1 unspecified atom stereocenters. The van der Waals surface area contributed by atoms with E-state index >= 15 is 0 Å². The zero-order valence-electron chi connectivity index (χ0n) is 11.8. The summed E-state index contributed by atoms with van der Waals surface area (Å²) >= 11 is 0. The Morgan fingerprint density at radius 2 is 1.85 bits per heavy atom. The van der Waals surface area contributed by atoms with Crippen molar-refractivity contribution in [2.24, 2.45) is 11.8 Å². The molecule has 4 rings (SSSR count). The molecule has 2 N–H and O–H groups in total. The minimum absolute atomic E-state index is 0.572. The van der Waals surface area contributed by atoms with Gasteiger partial charge < -0.3 is 5.01 Å². The molecule has 2 aliphatic rings. The number of nitrogens with two attached hydrogens (primary N) is 1. The molecule has 1 atom stereocenters. The van der Waals surface area contributed by atoms with E-state index < -0.39 is 0 Å². The van der Waals surface area contributed by atoms with Gasteiger partial charge >= 0.3 is 0 Å². The van der Waals surface area contributed by atoms with E-state index in [0.29, 0.717) is 5.92 Å². The second kappa shape index (κ2) is 4.35. The predicted molar refractivity (Wildman–Crippen MR) is 83.6 cm³/mol. The summed E-state index contributed by atoms with van der Waals surface area (Å²) in [5.74, 6) is 7.77. The van der Waals surface area contributed by atoms with Gasteiger partial charge in [0.05, 0.1) is 5.69 Å². The Bertz CT molecular complexity index is 658. The number of hydrogen-bond acceptors (Lipinski definition) is 2. The van der Waals surface area contributed by atoms with Crippen LogP contribution in [0.1, 0.15) is 29.9 Å². The van der Waals surface area contributed by atoms with E-state index in [1.807, 2.05) is 5.01 Å². The molecule has 0 bridgehead atoms. The first-order valence-electron chi connectivity index (χ1n) is 7.47. The fourth-order valence-electron chi connectivity index (χ4n) is 3.60. The lowest BCUT2D eigenvalue weighted by Gasteiger charge is -2.23. The van der Waals surface area contributed by atoms with E-state index in [9.17, 15) is 0 Å². The van der Waals surface area contributed by atoms with Crippen LogP contribution in [0.5, 0.6) is 0 Å². The Hall–Kier alpha value is -1.80. The molecule has 2 aromatic rings. The normalized spacial score (nSPS) is 21.1. The lowest BCUT2D eigenvalue weighted by molar-refractivity contribution is 0.592. The first kappa shape index (κ1) is 12.0. The fraction of sp³-hybridized carbons (Fsp3) is 0.333. The van der Waals surface area contributed by atoms with Gasteiger partial charge in [-0.05, 0) is 48.4 Å². The van der Waals surface area contributed by atoms with E-state index in [1.165, 1.54) is 40.8 Å². The minimum atomic E-state index is 0.572. The van der Waals surface area contributed by atoms with Gasteiger partial charge in [-0.1, -0.05) is 36.4 Å². The monoisotopic (exact) mass is 264 g/mol. The molecule has 0 radical (unpaired) electrons. The molecule has 0 amide bonds. The Morgan fingerprint density at radius 1 is 1.05 bits per heavy atom. The highest BCUT2D eigenvalue weighted by Crippen LogP contribution is 2.49. The van der Waals surface area contributed by atoms with Crippen molar-refractivity contribution < 1.29 is 0 Å². The highest BCUT2D eigenvalue weighted by molar-refractivity contribution is 5.84. The molecule has 1 aliphatic carbocycles. The third kappa shape index (κ3) is 1.75. The maximum absolute atomic E-state index is 6.38. The standard InChI is InChI=1S/C18H20N2/c1-12-5-4-8-17-18(12)15-7-3-2-6-14(15)16(11-20(17)19)13-9-10-13/h2-8,13,16H,9-11,19H2,1H3. The van der Waals surface area contributed by atoms with Crippen molar-refractivity contribution in [2.75, 3.05) is 11.6 Å². The van der Waals surface area contributed by atoms with Crippen LogP contribution < -0.4 is 10.9 Å². The van der Waals surface area contributed by atoms with E-state index in [2.05, 4.69) is 49.4 Å². The molecule has 1 fully saturated rings. The average molecular weight is 264 g/mol. The van der Waals surface area contributed by atoms with Crippen molar-refractivity contribution in [3.63, 3.8) is 0 Å². The molecule has 1 aliphatic heterocycles. The van der Waals surface area contributed by atoms with Crippen LogP contribution in [-0.4, -0.2) is 6.54 Å². The molecule has 2 heteroatoms. The fourth-order valence-corrected chi connectivity index (χ4v) is 3.60.